The van der Waals surface area contributed by atoms with Crippen LogP contribution in [0.3, 0.4) is 0 Å². The Morgan fingerprint density at radius 1 is 1.14 bits per heavy atom. The smallest absolute Gasteiger partial charge is 0.224 e. The topological polar surface area (TPSA) is 55.1 Å². The van der Waals surface area contributed by atoms with Crippen LogP contribution in [0.4, 0.5) is 5.69 Å². The van der Waals surface area contributed by atoms with E-state index in [-0.39, 0.29) is 11.9 Å². The van der Waals surface area contributed by atoms with E-state index in [4.69, 9.17) is 5.73 Å². The Balaban J connectivity index is 1.95. The van der Waals surface area contributed by atoms with Gasteiger partial charge < -0.3 is 11.1 Å². The van der Waals surface area contributed by atoms with Gasteiger partial charge >= 0.3 is 0 Å². The minimum Gasteiger partial charge on any atom is -0.399 e. The van der Waals surface area contributed by atoms with Crippen LogP contribution in [0.5, 0.6) is 0 Å². The lowest BCUT2D eigenvalue weighted by molar-refractivity contribution is -0.121. The molecule has 0 heterocycles. The Morgan fingerprint density at radius 2 is 1.86 bits per heavy atom. The fraction of sp³-hybridized carbons (Fsp3) is 0.278. The SMILES string of the molecule is CCc1ccc(C(C)NC(=O)Cc2cccc(N)c2)cc1. The van der Waals surface area contributed by atoms with Crippen LogP contribution >= 0.6 is 0 Å². The molecule has 3 N–H and O–H groups in total. The van der Waals surface area contributed by atoms with Gasteiger partial charge in [-0.05, 0) is 42.2 Å². The molecule has 0 radical (unpaired) electrons. The Hall–Kier alpha value is -2.29. The second-order valence-electron chi connectivity index (χ2n) is 5.31. The van der Waals surface area contributed by atoms with E-state index >= 15 is 0 Å². The highest BCUT2D eigenvalue weighted by Crippen LogP contribution is 2.14. The molecule has 21 heavy (non-hydrogen) atoms. The van der Waals surface area contributed by atoms with E-state index in [1.54, 1.807) is 0 Å². The summed E-state index contributed by atoms with van der Waals surface area (Å²) in [6, 6.07) is 15.8. The number of benzene rings is 2. The van der Waals surface area contributed by atoms with Gasteiger partial charge in [0.2, 0.25) is 5.91 Å². The summed E-state index contributed by atoms with van der Waals surface area (Å²) in [6.45, 7) is 4.13. The molecule has 1 atom stereocenters. The quantitative estimate of drug-likeness (QED) is 0.827. The predicted octanol–water partition coefficient (Wildman–Crippen LogP) is 3.25. The first-order valence-electron chi connectivity index (χ1n) is 7.31. The van der Waals surface area contributed by atoms with Crippen molar-refractivity contribution in [3.8, 4) is 0 Å². The third kappa shape index (κ3) is 4.35. The summed E-state index contributed by atoms with van der Waals surface area (Å²) in [5, 5.41) is 3.02. The van der Waals surface area contributed by atoms with Gasteiger partial charge in [0.05, 0.1) is 12.5 Å². The molecule has 0 fully saturated rings. The monoisotopic (exact) mass is 282 g/mol. The summed E-state index contributed by atoms with van der Waals surface area (Å²) in [6.07, 6.45) is 1.37. The molecular formula is C18H22N2O. The summed E-state index contributed by atoms with van der Waals surface area (Å²) >= 11 is 0. The van der Waals surface area contributed by atoms with Crippen LogP contribution in [0.15, 0.2) is 48.5 Å². The molecule has 0 aromatic heterocycles. The van der Waals surface area contributed by atoms with E-state index in [0.29, 0.717) is 12.1 Å². The van der Waals surface area contributed by atoms with Gasteiger partial charge in [-0.25, -0.2) is 0 Å². The molecule has 0 aliphatic carbocycles. The second kappa shape index (κ2) is 6.93. The first-order valence-corrected chi connectivity index (χ1v) is 7.31. The number of nitrogen functional groups attached to an aromatic ring is 1. The van der Waals surface area contributed by atoms with Gasteiger partial charge in [0.25, 0.3) is 0 Å². The molecule has 1 amide bonds. The van der Waals surface area contributed by atoms with E-state index in [1.807, 2.05) is 31.2 Å². The molecule has 1 unspecified atom stereocenters. The predicted molar refractivity (Wildman–Crippen MR) is 86.9 cm³/mol. The summed E-state index contributed by atoms with van der Waals surface area (Å²) in [5.41, 5.74) is 9.76. The fourth-order valence-electron chi connectivity index (χ4n) is 2.31. The fourth-order valence-corrected chi connectivity index (χ4v) is 2.31. The van der Waals surface area contributed by atoms with Crippen LogP contribution in [0.25, 0.3) is 0 Å². The molecule has 0 spiro atoms. The number of carbonyl (C=O) groups excluding carboxylic acids is 1. The Labute approximate surface area is 126 Å². The molecule has 0 aliphatic rings. The molecule has 2 rings (SSSR count). The lowest BCUT2D eigenvalue weighted by Crippen LogP contribution is -2.28. The van der Waals surface area contributed by atoms with Gasteiger partial charge in [-0.2, -0.15) is 0 Å². The van der Waals surface area contributed by atoms with Crippen LogP contribution < -0.4 is 11.1 Å². The van der Waals surface area contributed by atoms with Crippen LogP contribution in [-0.4, -0.2) is 5.91 Å². The van der Waals surface area contributed by atoms with Crippen molar-refractivity contribution in [2.45, 2.75) is 32.7 Å². The van der Waals surface area contributed by atoms with E-state index < -0.39 is 0 Å². The highest BCUT2D eigenvalue weighted by molar-refractivity contribution is 5.79. The average Bonchev–Trinajstić information content (AvgIpc) is 2.47. The van der Waals surface area contributed by atoms with Gasteiger partial charge in [-0.15, -0.1) is 0 Å². The Kier molecular flexibility index (Phi) is 4.99. The van der Waals surface area contributed by atoms with Crippen molar-refractivity contribution >= 4 is 11.6 Å². The maximum Gasteiger partial charge on any atom is 0.224 e. The number of anilines is 1. The number of hydrogen-bond acceptors (Lipinski definition) is 2. The standard InChI is InChI=1S/C18H22N2O/c1-3-14-7-9-16(10-8-14)13(2)20-18(21)12-15-5-4-6-17(19)11-15/h4-11,13H,3,12,19H2,1-2H3,(H,20,21). The van der Waals surface area contributed by atoms with Crippen molar-refractivity contribution in [3.05, 3.63) is 65.2 Å². The summed E-state index contributed by atoms with van der Waals surface area (Å²) in [7, 11) is 0. The minimum atomic E-state index is 0.00413. The van der Waals surface area contributed by atoms with Crippen molar-refractivity contribution in [2.24, 2.45) is 0 Å². The zero-order valence-electron chi connectivity index (χ0n) is 12.6. The lowest BCUT2D eigenvalue weighted by Gasteiger charge is -2.15. The van der Waals surface area contributed by atoms with Gasteiger partial charge in [-0.1, -0.05) is 43.3 Å². The Bertz CT molecular complexity index is 605. The highest BCUT2D eigenvalue weighted by atomic mass is 16.1. The number of hydrogen-bond donors (Lipinski definition) is 2. The number of aryl methyl sites for hydroxylation is 1. The third-order valence-electron chi connectivity index (χ3n) is 3.58. The van der Waals surface area contributed by atoms with Crippen LogP contribution in [0.1, 0.15) is 36.6 Å². The van der Waals surface area contributed by atoms with E-state index in [0.717, 1.165) is 17.5 Å². The van der Waals surface area contributed by atoms with Gasteiger partial charge in [0.1, 0.15) is 0 Å². The molecule has 0 aliphatic heterocycles. The number of amides is 1. The Morgan fingerprint density at radius 3 is 2.48 bits per heavy atom. The first kappa shape index (κ1) is 15.1. The van der Waals surface area contributed by atoms with Crippen molar-refractivity contribution in [2.75, 3.05) is 5.73 Å². The van der Waals surface area contributed by atoms with E-state index in [1.165, 1.54) is 5.56 Å². The maximum atomic E-state index is 12.1. The summed E-state index contributed by atoms with van der Waals surface area (Å²) in [4.78, 5) is 12.1. The molecule has 110 valence electrons. The van der Waals surface area contributed by atoms with Crippen molar-refractivity contribution < 1.29 is 4.79 Å². The van der Waals surface area contributed by atoms with Crippen LogP contribution in [-0.2, 0) is 17.6 Å². The molecule has 3 nitrogen and oxygen atoms in total. The molecule has 2 aromatic carbocycles. The third-order valence-corrected chi connectivity index (χ3v) is 3.58. The highest BCUT2D eigenvalue weighted by Gasteiger charge is 2.10. The van der Waals surface area contributed by atoms with Crippen LogP contribution in [0.2, 0.25) is 0 Å². The van der Waals surface area contributed by atoms with Crippen molar-refractivity contribution in [1.29, 1.82) is 0 Å². The zero-order chi connectivity index (χ0) is 15.2. The summed E-state index contributed by atoms with van der Waals surface area (Å²) < 4.78 is 0. The second-order valence-corrected chi connectivity index (χ2v) is 5.31. The van der Waals surface area contributed by atoms with E-state index in [2.05, 4.69) is 36.5 Å². The van der Waals surface area contributed by atoms with Gasteiger partial charge in [0.15, 0.2) is 0 Å². The lowest BCUT2D eigenvalue weighted by atomic mass is 10.0. The van der Waals surface area contributed by atoms with Gasteiger partial charge in [0, 0.05) is 5.69 Å². The number of carbonyl (C=O) groups is 1. The number of rotatable bonds is 5. The molecule has 2 aromatic rings. The van der Waals surface area contributed by atoms with Crippen molar-refractivity contribution in [3.63, 3.8) is 0 Å². The molecule has 0 saturated heterocycles. The molecule has 3 heteroatoms. The zero-order valence-corrected chi connectivity index (χ0v) is 12.6. The first-order chi connectivity index (χ1) is 10.1. The molecule has 0 saturated carbocycles. The number of nitrogens with one attached hydrogen (secondary N) is 1. The summed E-state index contributed by atoms with van der Waals surface area (Å²) in [5.74, 6) is 0.00710. The maximum absolute atomic E-state index is 12.1. The molecule has 0 bridgehead atoms. The average molecular weight is 282 g/mol. The van der Waals surface area contributed by atoms with Gasteiger partial charge in [-0.3, -0.25) is 4.79 Å². The van der Waals surface area contributed by atoms with Crippen LogP contribution in [0, 0.1) is 0 Å². The number of nitrogens with two attached hydrogens (primary N) is 1. The normalized spacial score (nSPS) is 11.9. The molecular weight excluding hydrogens is 260 g/mol. The minimum absolute atomic E-state index is 0.00413. The van der Waals surface area contributed by atoms with E-state index in [9.17, 15) is 4.79 Å². The van der Waals surface area contributed by atoms with Crippen molar-refractivity contribution in [1.82, 2.24) is 5.32 Å². The largest absolute Gasteiger partial charge is 0.399 e.